The van der Waals surface area contributed by atoms with E-state index in [1.165, 1.54) is 5.57 Å². The molecule has 4 heteroatoms. The second-order valence-electron chi connectivity index (χ2n) is 6.94. The lowest BCUT2D eigenvalue weighted by Gasteiger charge is -2.41. The Kier molecular flexibility index (Phi) is 3.49. The fraction of sp³-hybridized carbons (Fsp3) is 0.875. The molecular formula is C16H26O4. The minimum atomic E-state index is -0.412. The van der Waals surface area contributed by atoms with Crippen molar-refractivity contribution >= 4 is 0 Å². The molecule has 3 fully saturated rings. The molecule has 20 heavy (non-hydrogen) atoms. The first-order valence-electron chi connectivity index (χ1n) is 7.59. The van der Waals surface area contributed by atoms with Gasteiger partial charge in [0, 0.05) is 7.11 Å². The van der Waals surface area contributed by atoms with Crippen LogP contribution in [0.4, 0.5) is 0 Å². The summed E-state index contributed by atoms with van der Waals surface area (Å²) in [5, 5.41) is 10.2. The van der Waals surface area contributed by atoms with Crippen molar-refractivity contribution in [1.29, 1.82) is 0 Å². The van der Waals surface area contributed by atoms with Gasteiger partial charge < -0.3 is 19.3 Å². The molecule has 0 aromatic rings. The van der Waals surface area contributed by atoms with Gasteiger partial charge in [0.15, 0.2) is 0 Å². The van der Waals surface area contributed by atoms with Crippen molar-refractivity contribution in [3.63, 3.8) is 0 Å². The maximum atomic E-state index is 10.2. The van der Waals surface area contributed by atoms with Crippen molar-refractivity contribution in [2.45, 2.75) is 69.5 Å². The molecule has 1 spiro atoms. The maximum absolute atomic E-state index is 10.2. The quantitative estimate of drug-likeness (QED) is 0.633. The summed E-state index contributed by atoms with van der Waals surface area (Å²) < 4.78 is 17.4. The third-order valence-corrected chi connectivity index (χ3v) is 5.26. The lowest BCUT2D eigenvalue weighted by molar-refractivity contribution is -0.116. The van der Waals surface area contributed by atoms with Crippen molar-refractivity contribution in [3.8, 4) is 0 Å². The Morgan fingerprint density at radius 3 is 2.70 bits per heavy atom. The van der Waals surface area contributed by atoms with Crippen LogP contribution in [0, 0.1) is 5.92 Å². The molecule has 0 aromatic carbocycles. The zero-order chi connectivity index (χ0) is 14.5. The molecular weight excluding hydrogens is 256 g/mol. The van der Waals surface area contributed by atoms with Crippen molar-refractivity contribution < 1.29 is 19.3 Å². The van der Waals surface area contributed by atoms with Gasteiger partial charge in [-0.25, -0.2) is 0 Å². The van der Waals surface area contributed by atoms with Gasteiger partial charge in [-0.2, -0.15) is 0 Å². The van der Waals surface area contributed by atoms with Crippen LogP contribution in [0.1, 0.15) is 40.0 Å². The second-order valence-corrected chi connectivity index (χ2v) is 6.94. The largest absolute Gasteiger partial charge is 0.390 e. The minimum Gasteiger partial charge on any atom is -0.390 e. The second kappa shape index (κ2) is 4.80. The number of aliphatic hydroxyl groups is 1. The van der Waals surface area contributed by atoms with Gasteiger partial charge in [0.25, 0.3) is 0 Å². The molecule has 0 aromatic heterocycles. The lowest BCUT2D eigenvalue weighted by Crippen LogP contribution is -2.54. The highest BCUT2D eigenvalue weighted by Gasteiger charge is 2.71. The van der Waals surface area contributed by atoms with Gasteiger partial charge in [-0.3, -0.25) is 0 Å². The molecule has 0 radical (unpaired) electrons. The molecule has 3 rings (SSSR count). The van der Waals surface area contributed by atoms with Crippen LogP contribution in [0.3, 0.4) is 0 Å². The minimum absolute atomic E-state index is 0.117. The van der Waals surface area contributed by atoms with Crippen molar-refractivity contribution in [2.24, 2.45) is 5.92 Å². The van der Waals surface area contributed by atoms with E-state index >= 15 is 0 Å². The van der Waals surface area contributed by atoms with Crippen molar-refractivity contribution in [3.05, 3.63) is 11.6 Å². The molecule has 1 unspecified atom stereocenters. The number of rotatable bonds is 4. The summed E-state index contributed by atoms with van der Waals surface area (Å²) >= 11 is 0. The summed E-state index contributed by atoms with van der Waals surface area (Å²) in [6, 6.07) is 0. The van der Waals surface area contributed by atoms with E-state index in [4.69, 9.17) is 14.2 Å². The van der Waals surface area contributed by atoms with Crippen LogP contribution >= 0.6 is 0 Å². The van der Waals surface area contributed by atoms with Gasteiger partial charge in [-0.15, -0.1) is 0 Å². The summed E-state index contributed by atoms with van der Waals surface area (Å²) in [4.78, 5) is 0. The van der Waals surface area contributed by atoms with Gasteiger partial charge in [0.1, 0.15) is 5.60 Å². The molecule has 1 N–H and O–H groups in total. The molecule has 0 bridgehead atoms. The number of aliphatic hydroxyl groups excluding tert-OH is 1. The molecule has 1 aliphatic carbocycles. The van der Waals surface area contributed by atoms with E-state index in [0.29, 0.717) is 0 Å². The Balaban J connectivity index is 1.78. The number of hydrogen-bond donors (Lipinski definition) is 1. The zero-order valence-electron chi connectivity index (χ0n) is 12.9. The van der Waals surface area contributed by atoms with Gasteiger partial charge in [-0.1, -0.05) is 11.6 Å². The summed E-state index contributed by atoms with van der Waals surface area (Å²) in [6.45, 7) is 7.13. The molecule has 2 saturated heterocycles. The maximum Gasteiger partial charge on any atom is 0.101 e. The van der Waals surface area contributed by atoms with Crippen molar-refractivity contribution in [2.75, 3.05) is 13.7 Å². The monoisotopic (exact) mass is 282 g/mol. The predicted octanol–water partition coefficient (Wildman–Crippen LogP) is 2.06. The van der Waals surface area contributed by atoms with E-state index < -0.39 is 6.10 Å². The average Bonchev–Trinajstić information content (AvgIpc) is 3.29. The van der Waals surface area contributed by atoms with Crippen LogP contribution in [-0.4, -0.2) is 48.3 Å². The SMILES string of the molecule is CO[C@@H]1[C@H](O)CC[C@]2(CO2)[C@H]1[C@]1(C)OC1CC=C(C)C. The summed E-state index contributed by atoms with van der Waals surface area (Å²) in [5.74, 6) is 0.124. The standard InChI is InChI=1S/C16H26O4/c1-10(2)5-6-12-15(3,20-12)14-13(18-4)11(17)7-8-16(14)9-19-16/h5,11-14,17H,6-9H2,1-4H3/t11-,12?,13-,14-,15-,16+/m1/s1. The van der Waals surface area contributed by atoms with Crippen molar-refractivity contribution in [1.82, 2.24) is 0 Å². The highest BCUT2D eigenvalue weighted by atomic mass is 16.6. The van der Waals surface area contributed by atoms with Crippen LogP contribution in [-0.2, 0) is 14.2 Å². The van der Waals surface area contributed by atoms with Gasteiger partial charge >= 0.3 is 0 Å². The first-order chi connectivity index (χ1) is 9.43. The normalized spacial score (nSPS) is 50.0. The highest BCUT2D eigenvalue weighted by molar-refractivity contribution is 5.20. The molecule has 2 aliphatic heterocycles. The number of ether oxygens (including phenoxy) is 3. The fourth-order valence-corrected chi connectivity index (χ4v) is 3.96. The Labute approximate surface area is 121 Å². The predicted molar refractivity (Wildman–Crippen MR) is 75.5 cm³/mol. The van der Waals surface area contributed by atoms with E-state index in [1.54, 1.807) is 7.11 Å². The molecule has 114 valence electrons. The smallest absolute Gasteiger partial charge is 0.101 e. The lowest BCUT2D eigenvalue weighted by atomic mass is 9.68. The first kappa shape index (κ1) is 14.5. The number of hydrogen-bond acceptors (Lipinski definition) is 4. The van der Waals surface area contributed by atoms with Gasteiger partial charge in [0.05, 0.1) is 36.4 Å². The summed E-state index contributed by atoms with van der Waals surface area (Å²) in [7, 11) is 1.68. The number of epoxide rings is 2. The van der Waals surface area contributed by atoms with Crippen LogP contribution in [0.25, 0.3) is 0 Å². The van der Waals surface area contributed by atoms with E-state index in [0.717, 1.165) is 25.9 Å². The van der Waals surface area contributed by atoms with Gasteiger partial charge in [0.2, 0.25) is 0 Å². The van der Waals surface area contributed by atoms with E-state index in [1.807, 2.05) is 0 Å². The first-order valence-corrected chi connectivity index (χ1v) is 7.59. The van der Waals surface area contributed by atoms with Crippen LogP contribution in [0.2, 0.25) is 0 Å². The molecule has 0 amide bonds. The zero-order valence-corrected chi connectivity index (χ0v) is 12.9. The summed E-state index contributed by atoms with van der Waals surface area (Å²) in [5.41, 5.74) is 0.964. The van der Waals surface area contributed by atoms with Crippen LogP contribution in [0.5, 0.6) is 0 Å². The molecule has 3 aliphatic rings. The number of methoxy groups -OCH3 is 1. The molecule has 2 heterocycles. The molecule has 1 saturated carbocycles. The Bertz CT molecular complexity index is 411. The van der Waals surface area contributed by atoms with Gasteiger partial charge in [-0.05, 0) is 40.0 Å². The average molecular weight is 282 g/mol. The third kappa shape index (κ3) is 2.23. The highest BCUT2D eigenvalue weighted by Crippen LogP contribution is 2.59. The molecule has 6 atom stereocenters. The summed E-state index contributed by atoms with van der Waals surface area (Å²) in [6.07, 6.45) is 4.43. The topological polar surface area (TPSA) is 54.5 Å². The van der Waals surface area contributed by atoms with E-state index in [-0.39, 0.29) is 29.3 Å². The number of allylic oxidation sites excluding steroid dienone is 1. The Morgan fingerprint density at radius 1 is 1.45 bits per heavy atom. The molecule has 4 nitrogen and oxygen atoms in total. The fourth-order valence-electron chi connectivity index (χ4n) is 3.96. The van der Waals surface area contributed by atoms with Crippen LogP contribution < -0.4 is 0 Å². The van der Waals surface area contributed by atoms with E-state index in [9.17, 15) is 5.11 Å². The van der Waals surface area contributed by atoms with E-state index in [2.05, 4.69) is 26.8 Å². The Morgan fingerprint density at radius 2 is 2.15 bits per heavy atom. The van der Waals surface area contributed by atoms with Crippen LogP contribution in [0.15, 0.2) is 11.6 Å². The Hall–Kier alpha value is -0.420. The third-order valence-electron chi connectivity index (χ3n) is 5.26.